The van der Waals surface area contributed by atoms with Crippen molar-refractivity contribution >= 4 is 0 Å². The maximum Gasteiger partial charge on any atom is 0.164 e. The summed E-state index contributed by atoms with van der Waals surface area (Å²) in [5, 5.41) is 10.5. The number of nitriles is 1. The summed E-state index contributed by atoms with van der Waals surface area (Å²) >= 11 is 0. The van der Waals surface area contributed by atoms with Gasteiger partial charge in [-0.25, -0.2) is 15.0 Å². The number of hydrogen-bond acceptors (Lipinski definition) is 4. The van der Waals surface area contributed by atoms with Crippen LogP contribution < -0.4 is 0 Å². The molecule has 4 fully saturated rings. The Balaban J connectivity index is 1.02. The summed E-state index contributed by atoms with van der Waals surface area (Å²) < 4.78 is 0. The average molecular weight is 661 g/mol. The molecule has 0 N–H and O–H groups in total. The van der Waals surface area contributed by atoms with Crippen molar-refractivity contribution in [3.63, 3.8) is 0 Å². The van der Waals surface area contributed by atoms with Gasteiger partial charge < -0.3 is 0 Å². The van der Waals surface area contributed by atoms with E-state index >= 15 is 0 Å². The minimum absolute atomic E-state index is 0.250. The van der Waals surface area contributed by atoms with Gasteiger partial charge in [-0.3, -0.25) is 0 Å². The van der Waals surface area contributed by atoms with Crippen molar-refractivity contribution in [1.29, 1.82) is 5.26 Å². The lowest BCUT2D eigenvalue weighted by molar-refractivity contribution is -0.00519. The SMILES string of the molecule is CC1(C)c2cc(-c3nc(-c4ccccc4)nc(-c4ccccc4)n3)ccc2-c2ccc(-c3ccc(C45C[C@H]6C[C@H](C4)C[C@@H](C5)C6)cc3C#N)cc21. The minimum atomic E-state index is -0.250. The Morgan fingerprint density at radius 2 is 1.00 bits per heavy atom. The fraction of sp³-hybridized carbons (Fsp3) is 0.277. The summed E-state index contributed by atoms with van der Waals surface area (Å²) in [7, 11) is 0. The predicted octanol–water partition coefficient (Wildman–Crippen LogP) is 11.2. The first-order chi connectivity index (χ1) is 24.9. The molecular formula is C47H40N4. The standard InChI is InChI=1S/C47H40N4/c1-46(2)41-23-34(38-18-15-37(22-36(38)28-48)47-25-29-19-30(26-47)21-31(20-29)27-47)13-16-39(41)40-17-14-35(24-42(40)46)45-50-43(32-9-5-3-6-10-32)49-44(51-45)33-11-7-4-8-12-33/h3-18,22-24,29-31H,19-21,25-27H2,1-2H3/t29-,30-,31-,47?. The van der Waals surface area contributed by atoms with E-state index in [2.05, 4.69) is 74.5 Å². The third-order valence-electron chi connectivity index (χ3n) is 12.7. The number of fused-ring (bicyclic) bond motifs is 3. The zero-order chi connectivity index (χ0) is 34.3. The first kappa shape index (κ1) is 30.4. The molecule has 0 aliphatic heterocycles. The summed E-state index contributed by atoms with van der Waals surface area (Å²) in [6.45, 7) is 4.62. The highest BCUT2D eigenvalue weighted by molar-refractivity contribution is 5.86. The Hall–Kier alpha value is -5.40. The van der Waals surface area contributed by atoms with E-state index in [0.717, 1.165) is 51.1 Å². The summed E-state index contributed by atoms with van der Waals surface area (Å²) in [6, 6.07) is 43.2. The number of hydrogen-bond donors (Lipinski definition) is 0. The van der Waals surface area contributed by atoms with Crippen LogP contribution in [0.15, 0.2) is 115 Å². The molecule has 5 aromatic carbocycles. The van der Waals surface area contributed by atoms with Crippen LogP contribution in [0.3, 0.4) is 0 Å². The van der Waals surface area contributed by atoms with Gasteiger partial charge in [-0.2, -0.15) is 5.26 Å². The van der Waals surface area contributed by atoms with E-state index in [-0.39, 0.29) is 10.8 Å². The van der Waals surface area contributed by atoms with E-state index in [1.165, 1.54) is 66.3 Å². The number of benzene rings is 5. The second-order valence-electron chi connectivity index (χ2n) is 16.3. The molecule has 11 rings (SSSR count). The molecule has 5 aliphatic carbocycles. The zero-order valence-corrected chi connectivity index (χ0v) is 29.2. The van der Waals surface area contributed by atoms with E-state index in [1.807, 2.05) is 60.7 Å². The average Bonchev–Trinajstić information content (AvgIpc) is 3.39. The normalized spacial score (nSPS) is 23.4. The molecule has 51 heavy (non-hydrogen) atoms. The highest BCUT2D eigenvalue weighted by Crippen LogP contribution is 2.61. The molecule has 1 aromatic heterocycles. The van der Waals surface area contributed by atoms with Gasteiger partial charge in [-0.15, -0.1) is 0 Å². The summed E-state index contributed by atoms with van der Waals surface area (Å²) in [5.41, 5.74) is 12.3. The largest absolute Gasteiger partial charge is 0.208 e. The van der Waals surface area contributed by atoms with Crippen LogP contribution in [0.4, 0.5) is 0 Å². The summed E-state index contributed by atoms with van der Waals surface area (Å²) in [6.07, 6.45) is 8.20. The lowest BCUT2D eigenvalue weighted by Crippen LogP contribution is -2.48. The van der Waals surface area contributed by atoms with E-state index in [0.29, 0.717) is 17.5 Å². The Morgan fingerprint density at radius 3 is 1.53 bits per heavy atom. The van der Waals surface area contributed by atoms with Crippen molar-refractivity contribution in [2.75, 3.05) is 0 Å². The lowest BCUT2D eigenvalue weighted by Gasteiger charge is -2.57. The van der Waals surface area contributed by atoms with E-state index in [1.54, 1.807) is 0 Å². The molecule has 1 heterocycles. The molecule has 4 nitrogen and oxygen atoms in total. The molecule has 0 amide bonds. The van der Waals surface area contributed by atoms with Crippen molar-refractivity contribution in [2.24, 2.45) is 17.8 Å². The van der Waals surface area contributed by atoms with Crippen LogP contribution in [0.2, 0.25) is 0 Å². The van der Waals surface area contributed by atoms with Crippen molar-refractivity contribution in [2.45, 2.75) is 63.2 Å². The van der Waals surface area contributed by atoms with Gasteiger partial charge >= 0.3 is 0 Å². The first-order valence-corrected chi connectivity index (χ1v) is 18.6. The predicted molar refractivity (Wildman–Crippen MR) is 204 cm³/mol. The fourth-order valence-corrected chi connectivity index (χ4v) is 10.7. The molecule has 0 atom stereocenters. The molecule has 4 heteroatoms. The molecule has 0 saturated heterocycles. The topological polar surface area (TPSA) is 62.5 Å². The fourth-order valence-electron chi connectivity index (χ4n) is 10.7. The molecule has 0 spiro atoms. The van der Waals surface area contributed by atoms with Crippen molar-refractivity contribution in [3.8, 4) is 62.5 Å². The quantitative estimate of drug-likeness (QED) is 0.185. The second kappa shape index (κ2) is 11.3. The van der Waals surface area contributed by atoms with Crippen LogP contribution >= 0.6 is 0 Å². The van der Waals surface area contributed by atoms with Gasteiger partial charge in [0.2, 0.25) is 0 Å². The first-order valence-electron chi connectivity index (χ1n) is 18.6. The highest BCUT2D eigenvalue weighted by atomic mass is 15.0. The molecule has 0 radical (unpaired) electrons. The van der Waals surface area contributed by atoms with Crippen LogP contribution in [0.5, 0.6) is 0 Å². The Labute approximate surface area is 300 Å². The van der Waals surface area contributed by atoms with Crippen molar-refractivity contribution in [1.82, 2.24) is 15.0 Å². The van der Waals surface area contributed by atoms with Gasteiger partial charge in [0.25, 0.3) is 0 Å². The van der Waals surface area contributed by atoms with Crippen molar-refractivity contribution in [3.05, 3.63) is 138 Å². The Kier molecular flexibility index (Phi) is 6.74. The van der Waals surface area contributed by atoms with Gasteiger partial charge in [-0.1, -0.05) is 111 Å². The van der Waals surface area contributed by atoms with Gasteiger partial charge in [0.1, 0.15) is 0 Å². The molecule has 248 valence electrons. The monoisotopic (exact) mass is 660 g/mol. The summed E-state index contributed by atoms with van der Waals surface area (Å²) in [4.78, 5) is 14.9. The van der Waals surface area contributed by atoms with Gasteiger partial charge in [0.05, 0.1) is 11.6 Å². The molecule has 5 aliphatic rings. The molecule has 4 bridgehead atoms. The van der Waals surface area contributed by atoms with Gasteiger partial charge in [-0.05, 0) is 119 Å². The van der Waals surface area contributed by atoms with Gasteiger partial charge in [0, 0.05) is 22.1 Å². The van der Waals surface area contributed by atoms with Crippen molar-refractivity contribution < 1.29 is 0 Å². The summed E-state index contributed by atoms with van der Waals surface area (Å²) in [5.74, 6) is 4.62. The van der Waals surface area contributed by atoms with Crippen LogP contribution in [0.25, 0.3) is 56.4 Å². The van der Waals surface area contributed by atoms with Gasteiger partial charge in [0.15, 0.2) is 17.5 Å². The zero-order valence-electron chi connectivity index (χ0n) is 29.2. The molecule has 4 saturated carbocycles. The molecular weight excluding hydrogens is 621 g/mol. The van der Waals surface area contributed by atoms with Crippen LogP contribution in [-0.2, 0) is 10.8 Å². The third kappa shape index (κ3) is 4.89. The second-order valence-corrected chi connectivity index (χ2v) is 16.3. The minimum Gasteiger partial charge on any atom is -0.208 e. The van der Waals surface area contributed by atoms with Crippen LogP contribution in [-0.4, -0.2) is 15.0 Å². The van der Waals surface area contributed by atoms with Crippen LogP contribution in [0.1, 0.15) is 74.6 Å². The maximum absolute atomic E-state index is 10.5. The molecule has 6 aromatic rings. The maximum atomic E-state index is 10.5. The Bertz CT molecular complexity index is 2290. The van der Waals surface area contributed by atoms with E-state index < -0.39 is 0 Å². The lowest BCUT2D eigenvalue weighted by atomic mass is 9.48. The highest BCUT2D eigenvalue weighted by Gasteiger charge is 2.51. The van der Waals surface area contributed by atoms with E-state index in [4.69, 9.17) is 15.0 Å². The smallest absolute Gasteiger partial charge is 0.164 e. The van der Waals surface area contributed by atoms with E-state index in [9.17, 15) is 5.26 Å². The van der Waals surface area contributed by atoms with Crippen LogP contribution in [0, 0.1) is 29.1 Å². The third-order valence-corrected chi connectivity index (χ3v) is 12.7. The Morgan fingerprint density at radius 1 is 0.529 bits per heavy atom. The number of nitrogens with zero attached hydrogens (tertiary/aromatic N) is 4. The number of rotatable bonds is 5. The number of aromatic nitrogens is 3. The molecule has 0 unspecified atom stereocenters.